The van der Waals surface area contributed by atoms with Crippen molar-refractivity contribution in [1.29, 1.82) is 0 Å². The maximum absolute atomic E-state index is 13.2. The van der Waals surface area contributed by atoms with E-state index in [1.54, 1.807) is 23.3 Å². The highest BCUT2D eigenvalue weighted by atomic mass is 32.2. The smallest absolute Gasteiger partial charge is 0.278 e. The fraction of sp³-hybridized carbons (Fsp3) is 0.476. The van der Waals surface area contributed by atoms with Gasteiger partial charge in [-0.3, -0.25) is 20.0 Å². The number of hydrogen-bond acceptors (Lipinski definition) is 11. The maximum Gasteiger partial charge on any atom is 0.278 e. The van der Waals surface area contributed by atoms with E-state index in [1.165, 1.54) is 23.5 Å². The average Bonchev–Trinajstić information content (AvgIpc) is 3.25. The molecule has 0 saturated carbocycles. The summed E-state index contributed by atoms with van der Waals surface area (Å²) in [5.41, 5.74) is 0.623. The van der Waals surface area contributed by atoms with Crippen molar-refractivity contribution in [2.24, 2.45) is 5.10 Å². The summed E-state index contributed by atoms with van der Waals surface area (Å²) in [5.74, 6) is -0.169. The fourth-order valence-electron chi connectivity index (χ4n) is 3.61. The molecule has 2 saturated heterocycles. The summed E-state index contributed by atoms with van der Waals surface area (Å²) < 4.78 is 52.2. The predicted octanol–water partition coefficient (Wildman–Crippen LogP) is 0.452. The monoisotopic (exact) mass is 541 g/mol. The first-order chi connectivity index (χ1) is 16.6. The lowest BCUT2D eigenvalue weighted by molar-refractivity contribution is -0.110. The lowest BCUT2D eigenvalue weighted by Gasteiger charge is -2.25. The molecular weight excluding hydrogens is 514 g/mol. The molecule has 2 aromatic rings. The molecule has 1 amide bonds. The Morgan fingerprint density at radius 2 is 1.80 bits per heavy atom. The van der Waals surface area contributed by atoms with Crippen LogP contribution in [0.3, 0.4) is 0 Å². The number of nitrogens with zero attached hydrogens (tertiary/aromatic N) is 4. The standard InChI is InChI=1S/C21H27N5O6S3/c1-34(28,29)18-4-2-16(3-5-18)19(24-26-6-10-32-11-7-26)20(27)23-21-22-14-17(33-21)15-25-8-12-35(30,31)13-9-25/h2-5,14H,6-13,15H2,1H3,(H,22,23,27). The summed E-state index contributed by atoms with van der Waals surface area (Å²) in [7, 11) is -6.32. The van der Waals surface area contributed by atoms with Crippen LogP contribution in [0.15, 0.2) is 40.5 Å². The number of morpholine rings is 1. The van der Waals surface area contributed by atoms with E-state index in [0.717, 1.165) is 11.1 Å². The number of nitrogens with one attached hydrogen (secondary N) is 1. The minimum Gasteiger partial charge on any atom is -0.378 e. The zero-order valence-corrected chi connectivity index (χ0v) is 21.7. The number of rotatable bonds is 7. The third kappa shape index (κ3) is 7.07. The van der Waals surface area contributed by atoms with Crippen molar-refractivity contribution in [1.82, 2.24) is 14.9 Å². The third-order valence-electron chi connectivity index (χ3n) is 5.59. The molecule has 0 bridgehead atoms. The molecule has 3 heterocycles. The molecule has 0 spiro atoms. The van der Waals surface area contributed by atoms with Crippen LogP contribution in [0.4, 0.5) is 5.13 Å². The number of carbonyl (C=O) groups excluding carboxylic acids is 1. The Balaban J connectivity index is 1.49. The second kappa shape index (κ2) is 10.7. The van der Waals surface area contributed by atoms with Gasteiger partial charge in [-0.25, -0.2) is 21.8 Å². The lowest BCUT2D eigenvalue weighted by Crippen LogP contribution is -2.39. The predicted molar refractivity (Wildman–Crippen MR) is 133 cm³/mol. The molecule has 11 nitrogen and oxygen atoms in total. The average molecular weight is 542 g/mol. The zero-order chi connectivity index (χ0) is 25.1. The largest absolute Gasteiger partial charge is 0.378 e. The van der Waals surface area contributed by atoms with E-state index in [4.69, 9.17) is 4.74 Å². The number of amides is 1. The molecule has 190 valence electrons. The minimum atomic E-state index is -3.37. The maximum atomic E-state index is 13.2. The molecule has 14 heteroatoms. The molecule has 1 aromatic carbocycles. The van der Waals surface area contributed by atoms with Crippen LogP contribution in [0.25, 0.3) is 0 Å². The summed E-state index contributed by atoms with van der Waals surface area (Å²) in [6.45, 7) is 3.57. The number of benzene rings is 1. The van der Waals surface area contributed by atoms with Crippen LogP contribution < -0.4 is 5.32 Å². The number of anilines is 1. The van der Waals surface area contributed by atoms with E-state index < -0.39 is 25.6 Å². The quantitative estimate of drug-likeness (QED) is 0.495. The Hall–Kier alpha value is -2.39. The van der Waals surface area contributed by atoms with Crippen molar-refractivity contribution in [3.63, 3.8) is 0 Å². The van der Waals surface area contributed by atoms with Crippen molar-refractivity contribution < 1.29 is 26.4 Å². The third-order valence-corrected chi connectivity index (χ3v) is 9.23. The SMILES string of the molecule is CS(=O)(=O)c1ccc(C(=NN2CCOCC2)C(=O)Nc2ncc(CN3CCS(=O)(=O)CC3)s2)cc1. The van der Waals surface area contributed by atoms with Crippen molar-refractivity contribution in [3.05, 3.63) is 40.9 Å². The van der Waals surface area contributed by atoms with Gasteiger partial charge in [-0.2, -0.15) is 5.10 Å². The molecule has 1 N–H and O–H groups in total. The van der Waals surface area contributed by atoms with Gasteiger partial charge in [-0.15, -0.1) is 11.3 Å². The highest BCUT2D eigenvalue weighted by Crippen LogP contribution is 2.21. The van der Waals surface area contributed by atoms with Gasteiger partial charge >= 0.3 is 0 Å². The van der Waals surface area contributed by atoms with Gasteiger partial charge < -0.3 is 4.74 Å². The molecule has 0 atom stereocenters. The molecule has 0 aliphatic carbocycles. The van der Waals surface area contributed by atoms with Crippen molar-refractivity contribution in [2.75, 3.05) is 62.5 Å². The highest BCUT2D eigenvalue weighted by Gasteiger charge is 2.23. The van der Waals surface area contributed by atoms with Crippen molar-refractivity contribution in [3.8, 4) is 0 Å². The van der Waals surface area contributed by atoms with Crippen LogP contribution in [0.5, 0.6) is 0 Å². The first-order valence-electron chi connectivity index (χ1n) is 11.0. The zero-order valence-electron chi connectivity index (χ0n) is 19.2. The summed E-state index contributed by atoms with van der Waals surface area (Å²) >= 11 is 1.32. The fourth-order valence-corrected chi connectivity index (χ4v) is 6.37. The van der Waals surface area contributed by atoms with Gasteiger partial charge in [0.15, 0.2) is 30.5 Å². The van der Waals surface area contributed by atoms with Crippen LogP contribution in [0, 0.1) is 0 Å². The number of hydrogen-bond donors (Lipinski definition) is 1. The first kappa shape index (κ1) is 25.7. The molecule has 1 aromatic heterocycles. The summed E-state index contributed by atoms with van der Waals surface area (Å²) in [5, 5.41) is 9.47. The molecule has 2 fully saturated rings. The Kier molecular flexibility index (Phi) is 7.86. The molecule has 2 aliphatic heterocycles. The van der Waals surface area contributed by atoms with E-state index in [9.17, 15) is 21.6 Å². The Morgan fingerprint density at radius 1 is 1.14 bits per heavy atom. The first-order valence-corrected chi connectivity index (χ1v) is 15.5. The second-order valence-corrected chi connectivity index (χ2v) is 13.8. The van der Waals surface area contributed by atoms with E-state index in [1.807, 2.05) is 0 Å². The highest BCUT2D eigenvalue weighted by molar-refractivity contribution is 7.91. The summed E-state index contributed by atoms with van der Waals surface area (Å²) in [6, 6.07) is 6.03. The topological polar surface area (TPSA) is 138 Å². The van der Waals surface area contributed by atoms with E-state index in [-0.39, 0.29) is 22.1 Å². The van der Waals surface area contributed by atoms with Crippen LogP contribution in [-0.4, -0.2) is 101 Å². The summed E-state index contributed by atoms with van der Waals surface area (Å²) in [4.78, 5) is 20.6. The number of thiazole rings is 1. The number of sulfone groups is 2. The Morgan fingerprint density at radius 3 is 2.43 bits per heavy atom. The second-order valence-electron chi connectivity index (χ2n) is 8.33. The normalized spacial score (nSPS) is 19.5. The van der Waals surface area contributed by atoms with Gasteiger partial charge in [-0.05, 0) is 12.1 Å². The van der Waals surface area contributed by atoms with Crippen LogP contribution in [0.1, 0.15) is 10.4 Å². The Labute approximate surface area is 208 Å². The van der Waals surface area contributed by atoms with E-state index in [0.29, 0.717) is 56.6 Å². The molecule has 35 heavy (non-hydrogen) atoms. The molecular formula is C21H27N5O6S3. The number of carbonyl (C=O) groups is 1. The van der Waals surface area contributed by atoms with Crippen LogP contribution in [0.2, 0.25) is 0 Å². The number of hydrazone groups is 1. The molecule has 2 aliphatic rings. The van der Waals surface area contributed by atoms with Gasteiger partial charge in [0.2, 0.25) is 0 Å². The minimum absolute atomic E-state index is 0.143. The van der Waals surface area contributed by atoms with Gasteiger partial charge in [0, 0.05) is 42.5 Å². The van der Waals surface area contributed by atoms with Crippen LogP contribution in [-0.2, 0) is 35.8 Å². The van der Waals surface area contributed by atoms with E-state index >= 15 is 0 Å². The summed E-state index contributed by atoms with van der Waals surface area (Å²) in [6.07, 6.45) is 2.80. The van der Waals surface area contributed by atoms with Gasteiger partial charge in [0.1, 0.15) is 0 Å². The van der Waals surface area contributed by atoms with Crippen molar-refractivity contribution in [2.45, 2.75) is 11.4 Å². The molecule has 0 unspecified atom stereocenters. The van der Waals surface area contributed by atoms with Gasteiger partial charge in [0.25, 0.3) is 5.91 Å². The Bertz CT molecular complexity index is 1290. The number of ether oxygens (including phenoxy) is 1. The molecule has 0 radical (unpaired) electrons. The van der Waals surface area contributed by atoms with Gasteiger partial charge in [-0.1, -0.05) is 12.1 Å². The number of aromatic nitrogens is 1. The van der Waals surface area contributed by atoms with Crippen molar-refractivity contribution >= 4 is 47.8 Å². The van der Waals surface area contributed by atoms with Gasteiger partial charge in [0.05, 0.1) is 42.7 Å². The molecule has 4 rings (SSSR count). The lowest BCUT2D eigenvalue weighted by atomic mass is 10.1. The van der Waals surface area contributed by atoms with E-state index in [2.05, 4.69) is 20.3 Å². The van der Waals surface area contributed by atoms with Crippen LogP contribution >= 0.6 is 11.3 Å².